The lowest BCUT2D eigenvalue weighted by Gasteiger charge is -2.07. The molecule has 0 amide bonds. The molecule has 2 aromatic carbocycles. The molecule has 0 saturated heterocycles. The third-order valence-electron chi connectivity index (χ3n) is 3.16. The summed E-state index contributed by atoms with van der Waals surface area (Å²) in [4.78, 5) is 12.4. The van der Waals surface area contributed by atoms with Crippen LogP contribution in [-0.4, -0.2) is 20.0 Å². The molecule has 0 aliphatic carbocycles. The third-order valence-corrected chi connectivity index (χ3v) is 5.27. The molecule has 0 bridgehead atoms. The van der Waals surface area contributed by atoms with Crippen molar-refractivity contribution in [2.75, 3.05) is 5.75 Å². The third kappa shape index (κ3) is 3.80. The standard InChI is InChI=1S/C16H15BrO3S/c1-11-6-7-15(12(2)8-11)16(18)10-21(19,20)14-5-3-4-13(17)9-14/h3-9H,10H2,1-2H3. The predicted octanol–water partition coefficient (Wildman–Crippen LogP) is 3.72. The summed E-state index contributed by atoms with van der Waals surface area (Å²) in [5.41, 5.74) is 2.29. The first kappa shape index (κ1) is 15.9. The molecule has 0 aromatic heterocycles. The number of halogens is 1. The maximum atomic E-state index is 12.3. The summed E-state index contributed by atoms with van der Waals surface area (Å²) in [5.74, 6) is -0.902. The lowest BCUT2D eigenvalue weighted by atomic mass is 10.0. The van der Waals surface area contributed by atoms with Crippen molar-refractivity contribution >= 4 is 31.6 Å². The van der Waals surface area contributed by atoms with Gasteiger partial charge in [0.1, 0.15) is 5.75 Å². The number of hydrogen-bond donors (Lipinski definition) is 0. The van der Waals surface area contributed by atoms with Crippen LogP contribution >= 0.6 is 15.9 Å². The van der Waals surface area contributed by atoms with Crippen LogP contribution in [0.3, 0.4) is 0 Å². The van der Waals surface area contributed by atoms with E-state index in [1.165, 1.54) is 12.1 Å². The van der Waals surface area contributed by atoms with E-state index >= 15 is 0 Å². The quantitative estimate of drug-likeness (QED) is 0.774. The van der Waals surface area contributed by atoms with Crippen molar-refractivity contribution in [3.8, 4) is 0 Å². The lowest BCUT2D eigenvalue weighted by Crippen LogP contribution is -2.17. The van der Waals surface area contributed by atoms with Gasteiger partial charge in [-0.2, -0.15) is 0 Å². The van der Waals surface area contributed by atoms with Gasteiger partial charge in [0.2, 0.25) is 0 Å². The largest absolute Gasteiger partial charge is 0.293 e. The van der Waals surface area contributed by atoms with Gasteiger partial charge in [0.25, 0.3) is 0 Å². The molecule has 5 heteroatoms. The van der Waals surface area contributed by atoms with Gasteiger partial charge in [-0.25, -0.2) is 8.42 Å². The molecule has 2 rings (SSSR count). The van der Waals surface area contributed by atoms with Crippen molar-refractivity contribution in [1.29, 1.82) is 0 Å². The molecule has 0 radical (unpaired) electrons. The highest BCUT2D eigenvalue weighted by atomic mass is 79.9. The normalized spacial score (nSPS) is 11.4. The molecule has 0 heterocycles. The molecule has 0 saturated carbocycles. The fourth-order valence-corrected chi connectivity index (χ4v) is 3.93. The first-order valence-corrected chi connectivity index (χ1v) is 8.83. The second-order valence-corrected chi connectivity index (χ2v) is 7.86. The van der Waals surface area contributed by atoms with Gasteiger partial charge in [-0.1, -0.05) is 45.8 Å². The first-order chi connectivity index (χ1) is 9.79. The number of ketones is 1. The summed E-state index contributed by atoms with van der Waals surface area (Å²) in [5, 5.41) is 0. The molecule has 0 spiro atoms. The van der Waals surface area contributed by atoms with Gasteiger partial charge in [0, 0.05) is 10.0 Å². The number of aryl methyl sites for hydroxylation is 2. The van der Waals surface area contributed by atoms with E-state index in [1.54, 1.807) is 18.2 Å². The van der Waals surface area contributed by atoms with Gasteiger partial charge in [0.15, 0.2) is 15.6 Å². The Morgan fingerprint density at radius 2 is 1.81 bits per heavy atom. The minimum Gasteiger partial charge on any atom is -0.293 e. The average molecular weight is 367 g/mol. The molecule has 0 aliphatic heterocycles. The fourth-order valence-electron chi connectivity index (χ4n) is 2.12. The highest BCUT2D eigenvalue weighted by Gasteiger charge is 2.21. The summed E-state index contributed by atoms with van der Waals surface area (Å²) >= 11 is 3.24. The molecular weight excluding hydrogens is 352 g/mol. The molecule has 3 nitrogen and oxygen atoms in total. The van der Waals surface area contributed by atoms with E-state index in [2.05, 4.69) is 15.9 Å². The zero-order valence-electron chi connectivity index (χ0n) is 11.8. The summed E-state index contributed by atoms with van der Waals surface area (Å²) in [6.45, 7) is 3.74. The molecule has 110 valence electrons. The topological polar surface area (TPSA) is 51.2 Å². The lowest BCUT2D eigenvalue weighted by molar-refractivity contribution is 0.102. The van der Waals surface area contributed by atoms with Crippen LogP contribution in [0.25, 0.3) is 0 Å². The van der Waals surface area contributed by atoms with Crippen LogP contribution in [0.1, 0.15) is 21.5 Å². The maximum absolute atomic E-state index is 12.3. The maximum Gasteiger partial charge on any atom is 0.185 e. The van der Waals surface area contributed by atoms with E-state index in [0.29, 0.717) is 10.0 Å². The summed E-state index contributed by atoms with van der Waals surface area (Å²) in [6.07, 6.45) is 0. The van der Waals surface area contributed by atoms with Crippen LogP contribution in [0.2, 0.25) is 0 Å². The molecular formula is C16H15BrO3S. The van der Waals surface area contributed by atoms with E-state index in [-0.39, 0.29) is 10.7 Å². The number of rotatable bonds is 4. The zero-order chi connectivity index (χ0) is 15.6. The molecule has 0 unspecified atom stereocenters. The van der Waals surface area contributed by atoms with Crippen molar-refractivity contribution in [2.45, 2.75) is 18.7 Å². The molecule has 0 aliphatic rings. The van der Waals surface area contributed by atoms with Gasteiger partial charge in [0.05, 0.1) is 4.90 Å². The van der Waals surface area contributed by atoms with Gasteiger partial charge in [-0.3, -0.25) is 4.79 Å². The van der Waals surface area contributed by atoms with Crippen LogP contribution in [0.4, 0.5) is 0 Å². The summed E-state index contributed by atoms with van der Waals surface area (Å²) in [7, 11) is -3.64. The average Bonchev–Trinajstić information content (AvgIpc) is 2.37. The van der Waals surface area contributed by atoms with Crippen molar-refractivity contribution in [3.63, 3.8) is 0 Å². The second kappa shape index (κ2) is 6.12. The van der Waals surface area contributed by atoms with E-state index in [1.807, 2.05) is 26.0 Å². The monoisotopic (exact) mass is 366 g/mol. The van der Waals surface area contributed by atoms with Crippen LogP contribution in [0.5, 0.6) is 0 Å². The zero-order valence-corrected chi connectivity index (χ0v) is 14.2. The van der Waals surface area contributed by atoms with Crippen molar-refractivity contribution in [2.24, 2.45) is 0 Å². The highest BCUT2D eigenvalue weighted by molar-refractivity contribution is 9.10. The van der Waals surface area contributed by atoms with Gasteiger partial charge in [-0.05, 0) is 37.6 Å². The Bertz CT molecular complexity index is 795. The summed E-state index contributed by atoms with van der Waals surface area (Å²) < 4.78 is 25.3. The van der Waals surface area contributed by atoms with Crippen molar-refractivity contribution in [1.82, 2.24) is 0 Å². The Morgan fingerprint density at radius 3 is 2.43 bits per heavy atom. The smallest absolute Gasteiger partial charge is 0.185 e. The minimum atomic E-state index is -3.64. The minimum absolute atomic E-state index is 0.148. The molecule has 21 heavy (non-hydrogen) atoms. The van der Waals surface area contributed by atoms with Crippen LogP contribution in [0.15, 0.2) is 51.8 Å². The Hall–Kier alpha value is -1.46. The van der Waals surface area contributed by atoms with E-state index < -0.39 is 15.6 Å². The van der Waals surface area contributed by atoms with Gasteiger partial charge < -0.3 is 0 Å². The van der Waals surface area contributed by atoms with E-state index in [4.69, 9.17) is 0 Å². The first-order valence-electron chi connectivity index (χ1n) is 6.38. The molecule has 0 fully saturated rings. The van der Waals surface area contributed by atoms with Crippen LogP contribution in [0, 0.1) is 13.8 Å². The van der Waals surface area contributed by atoms with E-state index in [9.17, 15) is 13.2 Å². The van der Waals surface area contributed by atoms with Crippen molar-refractivity contribution < 1.29 is 13.2 Å². The Labute approximate surface area is 133 Å². The number of benzene rings is 2. The van der Waals surface area contributed by atoms with Gasteiger partial charge in [-0.15, -0.1) is 0 Å². The second-order valence-electron chi connectivity index (χ2n) is 4.96. The Balaban J connectivity index is 2.30. The van der Waals surface area contributed by atoms with Crippen LogP contribution in [-0.2, 0) is 9.84 Å². The number of hydrogen-bond acceptors (Lipinski definition) is 3. The van der Waals surface area contributed by atoms with Gasteiger partial charge >= 0.3 is 0 Å². The van der Waals surface area contributed by atoms with Crippen molar-refractivity contribution in [3.05, 3.63) is 63.6 Å². The molecule has 2 aromatic rings. The van der Waals surface area contributed by atoms with E-state index in [0.717, 1.165) is 11.1 Å². The fraction of sp³-hybridized carbons (Fsp3) is 0.188. The Kier molecular flexibility index (Phi) is 4.64. The number of carbonyl (C=O) groups is 1. The highest BCUT2D eigenvalue weighted by Crippen LogP contribution is 2.19. The van der Waals surface area contributed by atoms with Crippen LogP contribution < -0.4 is 0 Å². The molecule has 0 atom stereocenters. The Morgan fingerprint density at radius 1 is 1.10 bits per heavy atom. The number of sulfone groups is 1. The summed E-state index contributed by atoms with van der Waals surface area (Å²) in [6, 6.07) is 11.7. The number of Topliss-reactive ketones (excluding diaryl/α,β-unsaturated/α-hetero) is 1. The SMILES string of the molecule is Cc1ccc(C(=O)CS(=O)(=O)c2cccc(Br)c2)c(C)c1. The molecule has 0 N–H and O–H groups in total. The predicted molar refractivity (Wildman–Crippen MR) is 86.4 cm³/mol. The number of carbonyl (C=O) groups excluding carboxylic acids is 1.